The van der Waals surface area contributed by atoms with Crippen LogP contribution in [-0.2, 0) is 5.60 Å². The molecular weight excluding hydrogens is 296 g/mol. The summed E-state index contributed by atoms with van der Waals surface area (Å²) < 4.78 is 0. The fraction of sp³-hybridized carbons (Fsp3) is 0.182. The minimum absolute atomic E-state index is 0.0920. The van der Waals surface area contributed by atoms with E-state index in [2.05, 4.69) is 19.1 Å². The summed E-state index contributed by atoms with van der Waals surface area (Å²) in [7, 11) is 0. The molecule has 3 aromatic rings. The molecule has 2 unspecified atom stereocenters. The first kappa shape index (κ1) is 16.3. The Balaban J connectivity index is 2.20. The van der Waals surface area contributed by atoms with E-state index < -0.39 is 5.60 Å². The smallest absolute Gasteiger partial charge is 0.121 e. The molecule has 0 heterocycles. The summed E-state index contributed by atoms with van der Waals surface area (Å²) in [5.41, 5.74) is 1.57. The van der Waals surface area contributed by atoms with E-state index in [1.54, 1.807) is 24.3 Å². The second kappa shape index (κ2) is 6.90. The molecule has 24 heavy (non-hydrogen) atoms. The lowest BCUT2D eigenvalue weighted by molar-refractivity contribution is 0.0476. The molecule has 2 nitrogen and oxygen atoms in total. The maximum absolute atomic E-state index is 11.9. The van der Waals surface area contributed by atoms with Crippen LogP contribution in [0, 0.1) is 0 Å². The molecule has 0 saturated carbocycles. The van der Waals surface area contributed by atoms with Crippen LogP contribution in [-0.4, -0.2) is 10.2 Å². The minimum Gasteiger partial charge on any atom is -0.508 e. The lowest BCUT2D eigenvalue weighted by Gasteiger charge is -2.37. The van der Waals surface area contributed by atoms with Crippen LogP contribution in [0.1, 0.15) is 36.0 Å². The molecule has 0 spiro atoms. The highest BCUT2D eigenvalue weighted by molar-refractivity contribution is 5.43. The van der Waals surface area contributed by atoms with Gasteiger partial charge >= 0.3 is 0 Å². The van der Waals surface area contributed by atoms with Crippen molar-refractivity contribution in [3.05, 3.63) is 102 Å². The molecule has 2 N–H and O–H groups in total. The second-order valence-corrected chi connectivity index (χ2v) is 6.05. The second-order valence-electron chi connectivity index (χ2n) is 6.05. The monoisotopic (exact) mass is 318 g/mol. The van der Waals surface area contributed by atoms with Gasteiger partial charge in [0.05, 0.1) is 0 Å². The highest BCUT2D eigenvalue weighted by atomic mass is 16.3. The molecule has 0 fully saturated rings. The average Bonchev–Trinajstić information content (AvgIpc) is 2.64. The van der Waals surface area contributed by atoms with Gasteiger partial charge in [-0.05, 0) is 35.2 Å². The van der Waals surface area contributed by atoms with Gasteiger partial charge in [0.1, 0.15) is 11.4 Å². The predicted molar refractivity (Wildman–Crippen MR) is 97.0 cm³/mol. The van der Waals surface area contributed by atoms with Gasteiger partial charge in [0, 0.05) is 5.92 Å². The summed E-state index contributed by atoms with van der Waals surface area (Å²) >= 11 is 0. The number of phenolic OH excluding ortho intramolecular Hbond substituents is 1. The lowest BCUT2D eigenvalue weighted by Crippen LogP contribution is -2.34. The zero-order chi connectivity index (χ0) is 17.0. The Labute approximate surface area is 143 Å². The Morgan fingerprint density at radius 2 is 1.25 bits per heavy atom. The first-order valence-electron chi connectivity index (χ1n) is 8.28. The fourth-order valence-electron chi connectivity index (χ4n) is 3.43. The highest BCUT2D eigenvalue weighted by Gasteiger charge is 2.40. The zero-order valence-corrected chi connectivity index (χ0v) is 13.8. The van der Waals surface area contributed by atoms with Crippen LogP contribution in [0.15, 0.2) is 84.9 Å². The molecule has 0 aliphatic rings. The van der Waals surface area contributed by atoms with Crippen molar-refractivity contribution in [2.24, 2.45) is 0 Å². The number of rotatable bonds is 5. The van der Waals surface area contributed by atoms with Gasteiger partial charge in [-0.15, -0.1) is 0 Å². The Morgan fingerprint density at radius 3 is 1.79 bits per heavy atom. The van der Waals surface area contributed by atoms with Gasteiger partial charge in [0.25, 0.3) is 0 Å². The maximum atomic E-state index is 11.9. The van der Waals surface area contributed by atoms with Gasteiger partial charge in [0.15, 0.2) is 0 Å². The minimum atomic E-state index is -1.16. The van der Waals surface area contributed by atoms with Gasteiger partial charge in [-0.3, -0.25) is 0 Å². The van der Waals surface area contributed by atoms with E-state index in [4.69, 9.17) is 0 Å². The summed E-state index contributed by atoms with van der Waals surface area (Å²) in [5, 5.41) is 21.5. The Morgan fingerprint density at radius 1 is 0.750 bits per heavy atom. The molecule has 0 aromatic heterocycles. The Kier molecular flexibility index (Phi) is 4.68. The number of hydrogen-bond donors (Lipinski definition) is 2. The molecule has 0 saturated heterocycles. The van der Waals surface area contributed by atoms with Crippen LogP contribution in [0.4, 0.5) is 0 Å². The molecule has 0 radical (unpaired) electrons. The summed E-state index contributed by atoms with van der Waals surface area (Å²) in [5.74, 6) is 0.104. The number of aromatic hydroxyl groups is 1. The molecule has 0 amide bonds. The van der Waals surface area contributed by atoms with Crippen molar-refractivity contribution >= 4 is 0 Å². The van der Waals surface area contributed by atoms with Crippen LogP contribution >= 0.6 is 0 Å². The Bertz CT molecular complexity index is 766. The van der Waals surface area contributed by atoms with E-state index in [-0.39, 0.29) is 11.7 Å². The largest absolute Gasteiger partial charge is 0.508 e. The van der Waals surface area contributed by atoms with E-state index >= 15 is 0 Å². The van der Waals surface area contributed by atoms with Crippen LogP contribution in [0.5, 0.6) is 5.75 Å². The lowest BCUT2D eigenvalue weighted by atomic mass is 9.72. The first-order valence-corrected chi connectivity index (χ1v) is 8.28. The van der Waals surface area contributed by atoms with Crippen molar-refractivity contribution in [2.45, 2.75) is 24.9 Å². The summed E-state index contributed by atoms with van der Waals surface area (Å²) in [6.07, 6.45) is 0.788. The normalized spacial score (nSPS) is 14.8. The number of hydrogen-bond acceptors (Lipinski definition) is 2. The van der Waals surface area contributed by atoms with Gasteiger partial charge in [-0.2, -0.15) is 0 Å². The van der Waals surface area contributed by atoms with E-state index in [1.165, 1.54) is 0 Å². The van der Waals surface area contributed by atoms with Gasteiger partial charge < -0.3 is 10.2 Å². The van der Waals surface area contributed by atoms with Gasteiger partial charge in [-0.1, -0.05) is 79.7 Å². The molecule has 2 atom stereocenters. The molecular formula is C22H22O2. The third-order valence-electron chi connectivity index (χ3n) is 4.64. The van der Waals surface area contributed by atoms with Crippen LogP contribution in [0.25, 0.3) is 0 Å². The van der Waals surface area contributed by atoms with Crippen LogP contribution < -0.4 is 0 Å². The third kappa shape index (κ3) is 2.93. The number of aliphatic hydroxyl groups is 1. The van der Waals surface area contributed by atoms with Crippen molar-refractivity contribution in [3.8, 4) is 5.75 Å². The SMILES string of the molecule is CCC(c1ccccc1)C(O)(c1ccccc1)c1ccc(O)cc1. The van der Waals surface area contributed by atoms with Crippen molar-refractivity contribution in [1.82, 2.24) is 0 Å². The average molecular weight is 318 g/mol. The van der Waals surface area contributed by atoms with E-state index in [0.717, 1.165) is 23.1 Å². The molecule has 0 aliphatic heterocycles. The molecule has 3 aromatic carbocycles. The molecule has 3 rings (SSSR count). The van der Waals surface area contributed by atoms with E-state index in [1.807, 2.05) is 48.5 Å². The van der Waals surface area contributed by atoms with Gasteiger partial charge in [-0.25, -0.2) is 0 Å². The van der Waals surface area contributed by atoms with E-state index in [0.29, 0.717) is 0 Å². The van der Waals surface area contributed by atoms with Crippen molar-refractivity contribution in [1.29, 1.82) is 0 Å². The van der Waals surface area contributed by atoms with Crippen LogP contribution in [0.3, 0.4) is 0 Å². The number of phenols is 1. The van der Waals surface area contributed by atoms with Gasteiger partial charge in [0.2, 0.25) is 0 Å². The standard InChI is InChI=1S/C22H22O2/c1-2-21(17-9-5-3-6-10-17)22(24,18-11-7-4-8-12-18)19-13-15-20(23)16-14-19/h3-16,21,23-24H,2H2,1H3. The summed E-state index contributed by atoms with van der Waals surface area (Å²) in [4.78, 5) is 0. The molecule has 0 aliphatic carbocycles. The van der Waals surface area contributed by atoms with Crippen molar-refractivity contribution in [3.63, 3.8) is 0 Å². The van der Waals surface area contributed by atoms with Crippen molar-refractivity contribution in [2.75, 3.05) is 0 Å². The topological polar surface area (TPSA) is 40.5 Å². The summed E-state index contributed by atoms with van der Waals surface area (Å²) in [6.45, 7) is 2.09. The predicted octanol–water partition coefficient (Wildman–Crippen LogP) is 4.82. The quantitative estimate of drug-likeness (QED) is 0.708. The van der Waals surface area contributed by atoms with Crippen molar-refractivity contribution < 1.29 is 10.2 Å². The van der Waals surface area contributed by atoms with Crippen LogP contribution in [0.2, 0.25) is 0 Å². The molecule has 122 valence electrons. The Hall–Kier alpha value is -2.58. The number of benzene rings is 3. The van der Waals surface area contributed by atoms with E-state index in [9.17, 15) is 10.2 Å². The third-order valence-corrected chi connectivity index (χ3v) is 4.64. The first-order chi connectivity index (χ1) is 11.7. The fourth-order valence-corrected chi connectivity index (χ4v) is 3.43. The molecule has 2 heteroatoms. The maximum Gasteiger partial charge on any atom is 0.121 e. The summed E-state index contributed by atoms with van der Waals surface area (Å²) in [6, 6.07) is 26.7. The highest BCUT2D eigenvalue weighted by Crippen LogP contribution is 2.44. The zero-order valence-electron chi connectivity index (χ0n) is 13.8. The molecule has 0 bridgehead atoms.